The number of aliphatic hydroxyl groups is 1. The summed E-state index contributed by atoms with van der Waals surface area (Å²) in [5.74, 6) is -0.510. The molecule has 2 atom stereocenters. The second-order valence-corrected chi connectivity index (χ2v) is 7.62. The van der Waals surface area contributed by atoms with Crippen LogP contribution >= 0.6 is 0 Å². The Morgan fingerprint density at radius 3 is 2.50 bits per heavy atom. The van der Waals surface area contributed by atoms with Gasteiger partial charge in [-0.15, -0.1) is 0 Å². The number of rotatable bonds is 7. The molecular formula is C17H21F3O5S. The molecule has 0 heterocycles. The Hall–Kier alpha value is -1.58. The molecule has 0 radical (unpaired) electrons. The number of benzene rings is 1. The van der Waals surface area contributed by atoms with Gasteiger partial charge in [0.05, 0.1) is 6.10 Å². The molecule has 1 aromatic rings. The van der Waals surface area contributed by atoms with Crippen LogP contribution in [0.1, 0.15) is 31.2 Å². The van der Waals surface area contributed by atoms with E-state index in [0.717, 1.165) is 5.56 Å². The zero-order valence-electron chi connectivity index (χ0n) is 14.2. The van der Waals surface area contributed by atoms with Crippen LogP contribution in [0.3, 0.4) is 0 Å². The third-order valence-electron chi connectivity index (χ3n) is 4.43. The van der Waals surface area contributed by atoms with Crippen LogP contribution in [0.25, 0.3) is 0 Å². The lowest BCUT2D eigenvalue weighted by Crippen LogP contribution is -2.49. The summed E-state index contributed by atoms with van der Waals surface area (Å²) < 4.78 is 70.5. The van der Waals surface area contributed by atoms with E-state index in [9.17, 15) is 26.7 Å². The second kappa shape index (κ2) is 7.98. The first-order valence-corrected chi connectivity index (χ1v) is 9.52. The van der Waals surface area contributed by atoms with E-state index in [2.05, 4.69) is 4.18 Å². The predicted octanol–water partition coefficient (Wildman–Crippen LogP) is 3.30. The van der Waals surface area contributed by atoms with E-state index in [0.29, 0.717) is 19.3 Å². The summed E-state index contributed by atoms with van der Waals surface area (Å²) in [5, 5.41) is 10.6. The topological polar surface area (TPSA) is 72.8 Å². The molecule has 1 aliphatic rings. The summed E-state index contributed by atoms with van der Waals surface area (Å²) in [4.78, 5) is 0. The normalized spacial score (nSPS) is 22.6. The number of methoxy groups -OCH3 is 1. The fourth-order valence-corrected chi connectivity index (χ4v) is 3.55. The number of alkyl halides is 3. The summed E-state index contributed by atoms with van der Waals surface area (Å²) in [6.45, 7) is 0. The Bertz CT molecular complexity index is 731. The van der Waals surface area contributed by atoms with Gasteiger partial charge >= 0.3 is 15.6 Å². The summed E-state index contributed by atoms with van der Waals surface area (Å²) in [6, 6.07) is 9.22. The standard InChI is InChI=1S/C17H21F3O5S/c1-24-16(14(21)11-10-13-7-3-2-4-8-13)12-6-5-9-15(16)25-26(22,23)17(18,19)20/h2-4,7-9,14,21H,5-6,10-12H2,1H3/t14-,16-/m0/s1. The van der Waals surface area contributed by atoms with Crippen LogP contribution in [0.5, 0.6) is 0 Å². The lowest BCUT2D eigenvalue weighted by molar-refractivity contribution is -0.110. The SMILES string of the molecule is CO[C@]1([C@@H](O)CCc2ccccc2)CCCC=C1OS(=O)(=O)C(F)(F)F. The molecule has 0 unspecified atom stereocenters. The second-order valence-electron chi connectivity index (χ2n) is 6.08. The van der Waals surface area contributed by atoms with E-state index in [1.807, 2.05) is 30.3 Å². The zero-order chi connectivity index (χ0) is 19.4. The number of aliphatic hydroxyl groups excluding tert-OH is 1. The lowest BCUT2D eigenvalue weighted by atomic mass is 9.81. The molecule has 0 aromatic heterocycles. The van der Waals surface area contributed by atoms with Gasteiger partial charge in [-0.05, 0) is 43.7 Å². The maximum atomic E-state index is 12.7. The molecule has 5 nitrogen and oxygen atoms in total. The van der Waals surface area contributed by atoms with Crippen LogP contribution < -0.4 is 0 Å². The summed E-state index contributed by atoms with van der Waals surface area (Å²) in [7, 11) is -4.62. The van der Waals surface area contributed by atoms with Crippen LogP contribution in [0, 0.1) is 0 Å². The third kappa shape index (κ3) is 4.39. The van der Waals surface area contributed by atoms with Crippen molar-refractivity contribution >= 4 is 10.1 Å². The van der Waals surface area contributed by atoms with Gasteiger partial charge in [-0.25, -0.2) is 0 Å². The highest BCUT2D eigenvalue weighted by Crippen LogP contribution is 2.40. The zero-order valence-corrected chi connectivity index (χ0v) is 15.0. The minimum atomic E-state index is -5.84. The molecule has 0 aliphatic heterocycles. The van der Waals surface area contributed by atoms with Gasteiger partial charge in [0.25, 0.3) is 0 Å². The van der Waals surface area contributed by atoms with Gasteiger partial charge in [0.15, 0.2) is 11.4 Å². The van der Waals surface area contributed by atoms with Gasteiger partial charge in [0, 0.05) is 7.11 Å². The highest BCUT2D eigenvalue weighted by Gasteiger charge is 2.53. The monoisotopic (exact) mass is 394 g/mol. The van der Waals surface area contributed by atoms with E-state index in [-0.39, 0.29) is 12.8 Å². The number of ether oxygens (including phenoxy) is 1. The van der Waals surface area contributed by atoms with Crippen LogP contribution in [0.4, 0.5) is 13.2 Å². The summed E-state index contributed by atoms with van der Waals surface area (Å²) in [6.07, 6.45) is 1.63. The maximum Gasteiger partial charge on any atom is 0.534 e. The first-order valence-electron chi connectivity index (χ1n) is 8.11. The molecule has 26 heavy (non-hydrogen) atoms. The molecule has 146 valence electrons. The van der Waals surface area contributed by atoms with Gasteiger partial charge < -0.3 is 14.0 Å². The summed E-state index contributed by atoms with van der Waals surface area (Å²) in [5.41, 5.74) is -6.26. The van der Waals surface area contributed by atoms with Crippen LogP contribution in [0.15, 0.2) is 42.2 Å². The minimum Gasteiger partial charge on any atom is -0.390 e. The van der Waals surface area contributed by atoms with Crippen molar-refractivity contribution < 1.29 is 35.6 Å². The average Bonchev–Trinajstić information content (AvgIpc) is 2.60. The predicted molar refractivity (Wildman–Crippen MR) is 88.5 cm³/mol. The van der Waals surface area contributed by atoms with Crippen molar-refractivity contribution in [3.63, 3.8) is 0 Å². The third-order valence-corrected chi connectivity index (χ3v) is 5.40. The Labute approximate surface area is 150 Å². The Morgan fingerprint density at radius 1 is 1.27 bits per heavy atom. The largest absolute Gasteiger partial charge is 0.534 e. The number of halogens is 3. The number of allylic oxidation sites excluding steroid dienone is 1. The van der Waals surface area contributed by atoms with Gasteiger partial charge in [0.2, 0.25) is 0 Å². The molecule has 0 amide bonds. The first kappa shape index (κ1) is 20.7. The fraction of sp³-hybridized carbons (Fsp3) is 0.529. The molecule has 1 N–H and O–H groups in total. The van der Waals surface area contributed by atoms with Crippen LogP contribution in [0.2, 0.25) is 0 Å². The first-order chi connectivity index (χ1) is 12.1. The van der Waals surface area contributed by atoms with Crippen LogP contribution in [-0.4, -0.2) is 37.8 Å². The molecule has 0 spiro atoms. The molecule has 2 rings (SSSR count). The Morgan fingerprint density at radius 2 is 1.92 bits per heavy atom. The van der Waals surface area contributed by atoms with E-state index >= 15 is 0 Å². The Kier molecular flexibility index (Phi) is 6.36. The highest BCUT2D eigenvalue weighted by atomic mass is 32.2. The lowest BCUT2D eigenvalue weighted by Gasteiger charge is -2.40. The molecule has 9 heteroatoms. The van der Waals surface area contributed by atoms with Crippen molar-refractivity contribution in [3.05, 3.63) is 47.7 Å². The van der Waals surface area contributed by atoms with Gasteiger partial charge in [-0.1, -0.05) is 30.3 Å². The molecule has 0 bridgehead atoms. The molecular weight excluding hydrogens is 373 g/mol. The van der Waals surface area contributed by atoms with E-state index in [1.165, 1.54) is 13.2 Å². The van der Waals surface area contributed by atoms with Crippen molar-refractivity contribution in [1.29, 1.82) is 0 Å². The number of hydrogen-bond acceptors (Lipinski definition) is 5. The van der Waals surface area contributed by atoms with Gasteiger partial charge in [-0.3, -0.25) is 0 Å². The number of hydrogen-bond donors (Lipinski definition) is 1. The summed E-state index contributed by atoms with van der Waals surface area (Å²) >= 11 is 0. The van der Waals surface area contributed by atoms with Crippen molar-refractivity contribution in [1.82, 2.24) is 0 Å². The van der Waals surface area contributed by atoms with Crippen molar-refractivity contribution in [2.45, 2.75) is 49.3 Å². The molecule has 1 aliphatic carbocycles. The van der Waals surface area contributed by atoms with Gasteiger partial charge in [-0.2, -0.15) is 21.6 Å². The van der Waals surface area contributed by atoms with Gasteiger partial charge in [0.1, 0.15) is 0 Å². The quantitative estimate of drug-likeness (QED) is 0.568. The van der Waals surface area contributed by atoms with Crippen LogP contribution in [-0.2, 0) is 25.5 Å². The van der Waals surface area contributed by atoms with E-state index < -0.39 is 33.1 Å². The smallest absolute Gasteiger partial charge is 0.390 e. The van der Waals surface area contributed by atoms with Crippen molar-refractivity contribution in [2.75, 3.05) is 7.11 Å². The average molecular weight is 394 g/mol. The van der Waals surface area contributed by atoms with Crippen molar-refractivity contribution in [3.8, 4) is 0 Å². The number of aryl methyl sites for hydroxylation is 1. The Balaban J connectivity index is 2.22. The highest BCUT2D eigenvalue weighted by molar-refractivity contribution is 7.87. The molecule has 1 aromatic carbocycles. The molecule has 0 saturated carbocycles. The fourth-order valence-electron chi connectivity index (χ4n) is 3.01. The van der Waals surface area contributed by atoms with Crippen molar-refractivity contribution in [2.24, 2.45) is 0 Å². The molecule has 0 saturated heterocycles. The maximum absolute atomic E-state index is 12.7. The minimum absolute atomic E-state index is 0.151. The molecule has 0 fully saturated rings. The van der Waals surface area contributed by atoms with E-state index in [1.54, 1.807) is 0 Å². The van der Waals surface area contributed by atoms with E-state index in [4.69, 9.17) is 4.74 Å².